The van der Waals surface area contributed by atoms with Crippen molar-refractivity contribution in [1.29, 1.82) is 0 Å². The molecule has 3 rings (SSSR count). The van der Waals surface area contributed by atoms with E-state index < -0.39 is 30.5 Å². The smallest absolute Gasteiger partial charge is 0.309 e. The van der Waals surface area contributed by atoms with Gasteiger partial charge in [0.2, 0.25) is 0 Å². The van der Waals surface area contributed by atoms with Crippen LogP contribution in [0.3, 0.4) is 0 Å². The highest BCUT2D eigenvalue weighted by Crippen LogP contribution is 2.59. The molecule has 2 fully saturated rings. The third-order valence-electron chi connectivity index (χ3n) is 5.81. The van der Waals surface area contributed by atoms with E-state index >= 15 is 0 Å². The lowest BCUT2D eigenvalue weighted by Gasteiger charge is -2.49. The van der Waals surface area contributed by atoms with Crippen LogP contribution in [-0.2, 0) is 20.4 Å². The molecule has 1 spiro atoms. The van der Waals surface area contributed by atoms with Crippen LogP contribution in [0.1, 0.15) is 31.2 Å². The second-order valence-electron chi connectivity index (χ2n) is 7.04. The highest BCUT2D eigenvalue weighted by atomic mass is 19.3. The Morgan fingerprint density at radius 1 is 1.12 bits per heavy atom. The lowest BCUT2D eigenvalue weighted by Crippen LogP contribution is -2.55. The molecule has 25 heavy (non-hydrogen) atoms. The second kappa shape index (κ2) is 7.31. The summed E-state index contributed by atoms with van der Waals surface area (Å²) in [5, 5.41) is 7.97. The topological polar surface area (TPSA) is 47.9 Å². The summed E-state index contributed by atoms with van der Waals surface area (Å²) in [4.78, 5) is 0. The van der Waals surface area contributed by atoms with Crippen molar-refractivity contribution in [3.63, 3.8) is 0 Å². The molecule has 0 unspecified atom stereocenters. The Bertz CT molecular complexity index is 553. The van der Waals surface area contributed by atoms with Gasteiger partial charge < -0.3 is 19.2 Å². The highest BCUT2D eigenvalue weighted by Gasteiger charge is 2.63. The molecular weight excluding hydrogens is 329 g/mol. The van der Waals surface area contributed by atoms with Crippen molar-refractivity contribution in [1.82, 2.24) is 0 Å². The molecule has 1 aliphatic carbocycles. The maximum atomic E-state index is 14.9. The average Bonchev–Trinajstić information content (AvgIpc) is 3.10. The summed E-state index contributed by atoms with van der Waals surface area (Å²) < 4.78 is 46.7. The summed E-state index contributed by atoms with van der Waals surface area (Å²) in [5.74, 6) is -3.97. The van der Waals surface area contributed by atoms with Gasteiger partial charge in [0, 0.05) is 25.3 Å². The quantitative estimate of drug-likeness (QED) is 0.798. The molecule has 4 nitrogen and oxygen atoms in total. The Kier molecular flexibility index (Phi) is 5.49. The molecule has 7 heteroatoms. The van der Waals surface area contributed by atoms with Crippen LogP contribution in [0.4, 0.5) is 8.78 Å². The van der Waals surface area contributed by atoms with Gasteiger partial charge in [-0.1, -0.05) is 35.9 Å². The molecule has 1 heterocycles. The first-order valence-electron chi connectivity index (χ1n) is 8.80. The van der Waals surface area contributed by atoms with Gasteiger partial charge >= 0.3 is 6.92 Å². The molecule has 2 aliphatic rings. The Morgan fingerprint density at radius 3 is 2.24 bits per heavy atom. The van der Waals surface area contributed by atoms with Gasteiger partial charge in [-0.2, -0.15) is 0 Å². The van der Waals surface area contributed by atoms with E-state index in [-0.39, 0.29) is 12.8 Å². The van der Waals surface area contributed by atoms with Crippen LogP contribution in [-0.4, -0.2) is 50.7 Å². The summed E-state index contributed by atoms with van der Waals surface area (Å²) >= 11 is 0. The third-order valence-corrected chi connectivity index (χ3v) is 5.81. The summed E-state index contributed by atoms with van der Waals surface area (Å²) in [6, 6.07) is 9.47. The van der Waals surface area contributed by atoms with Gasteiger partial charge in [-0.3, -0.25) is 0 Å². The van der Waals surface area contributed by atoms with E-state index in [1.807, 2.05) is 30.3 Å². The van der Waals surface area contributed by atoms with Crippen LogP contribution < -0.4 is 0 Å². The summed E-state index contributed by atoms with van der Waals surface area (Å²) in [6.45, 7) is -0.880. The first kappa shape index (κ1) is 18.8. The molecule has 1 aliphatic heterocycles. The molecular formula is C18H25BF2O4. The molecule has 0 atom stereocenters. The second-order valence-corrected chi connectivity index (χ2v) is 7.04. The number of aliphatic hydroxyl groups is 1. The molecule has 1 aromatic rings. The zero-order valence-corrected chi connectivity index (χ0v) is 14.5. The predicted molar refractivity (Wildman–Crippen MR) is 90.7 cm³/mol. The van der Waals surface area contributed by atoms with Crippen molar-refractivity contribution in [3.05, 3.63) is 35.9 Å². The fourth-order valence-corrected chi connectivity index (χ4v) is 4.28. The van der Waals surface area contributed by atoms with E-state index in [4.69, 9.17) is 14.1 Å². The SMILES string of the molecule is COB(Cc1ccccc1)C1(C(F)(F)CO)CCC2(CC1)OCCO2. The predicted octanol–water partition coefficient (Wildman–Crippen LogP) is 3.09. The first-order chi connectivity index (χ1) is 12.0. The largest absolute Gasteiger partial charge is 0.437 e. The number of aliphatic hydroxyl groups excluding tert-OH is 1. The maximum absolute atomic E-state index is 14.9. The minimum atomic E-state index is -3.23. The Labute approximate surface area is 147 Å². The average molecular weight is 354 g/mol. The van der Waals surface area contributed by atoms with Crippen molar-refractivity contribution in [2.45, 2.75) is 49.0 Å². The van der Waals surface area contributed by atoms with Crippen molar-refractivity contribution in [3.8, 4) is 0 Å². The van der Waals surface area contributed by atoms with Gasteiger partial charge in [0.05, 0.1) is 13.2 Å². The monoisotopic (exact) mass is 354 g/mol. The van der Waals surface area contributed by atoms with Gasteiger partial charge in [0.1, 0.15) is 6.61 Å². The van der Waals surface area contributed by atoms with Gasteiger partial charge in [-0.25, -0.2) is 8.78 Å². The van der Waals surface area contributed by atoms with E-state index in [2.05, 4.69) is 0 Å². The Balaban J connectivity index is 1.86. The molecule has 1 saturated carbocycles. The van der Waals surface area contributed by atoms with E-state index in [0.29, 0.717) is 32.4 Å². The molecule has 1 N–H and O–H groups in total. The minimum absolute atomic E-state index is 0.186. The number of hydrogen-bond acceptors (Lipinski definition) is 4. The van der Waals surface area contributed by atoms with Gasteiger partial charge in [-0.05, 0) is 19.2 Å². The maximum Gasteiger partial charge on any atom is 0.309 e. The molecule has 138 valence electrons. The Morgan fingerprint density at radius 2 is 1.72 bits per heavy atom. The van der Waals surface area contributed by atoms with Gasteiger partial charge in [0.25, 0.3) is 5.92 Å². The van der Waals surface area contributed by atoms with E-state index in [0.717, 1.165) is 5.56 Å². The summed E-state index contributed by atoms with van der Waals surface area (Å²) in [7, 11) is 1.47. The van der Waals surface area contributed by atoms with Crippen LogP contribution in [0.2, 0.25) is 5.31 Å². The van der Waals surface area contributed by atoms with Crippen LogP contribution in [0.15, 0.2) is 30.3 Å². The Hall–Kier alpha value is -1.02. The minimum Gasteiger partial charge on any atom is -0.437 e. The number of hydrogen-bond donors (Lipinski definition) is 1. The fourth-order valence-electron chi connectivity index (χ4n) is 4.28. The van der Waals surface area contributed by atoms with Crippen LogP contribution in [0.5, 0.6) is 0 Å². The van der Waals surface area contributed by atoms with Crippen molar-refractivity contribution in [2.24, 2.45) is 0 Å². The highest BCUT2D eigenvalue weighted by molar-refractivity contribution is 6.55. The molecule has 0 bridgehead atoms. The van der Waals surface area contributed by atoms with Gasteiger partial charge in [0.15, 0.2) is 5.79 Å². The zero-order valence-electron chi connectivity index (χ0n) is 14.5. The standard InChI is InChI=1S/C18H25BF2O4/c1-23-19(13-15-5-3-2-4-6-15)16(18(20,21)14-22)7-9-17(10-8-16)24-11-12-25-17/h2-6,22H,7-14H2,1H3. The number of benzene rings is 1. The summed E-state index contributed by atoms with van der Waals surface area (Å²) in [6.07, 6.45) is 1.52. The van der Waals surface area contributed by atoms with E-state index in [1.165, 1.54) is 7.11 Å². The summed E-state index contributed by atoms with van der Waals surface area (Å²) in [5.41, 5.74) is 0.941. The number of rotatable bonds is 6. The molecule has 1 saturated heterocycles. The van der Waals surface area contributed by atoms with Crippen molar-refractivity contribution < 1.29 is 28.0 Å². The normalized spacial score (nSPS) is 22.2. The van der Waals surface area contributed by atoms with E-state index in [1.54, 1.807) is 0 Å². The lowest BCUT2D eigenvalue weighted by molar-refractivity contribution is -0.200. The van der Waals surface area contributed by atoms with Crippen LogP contribution in [0, 0.1) is 0 Å². The third kappa shape index (κ3) is 3.47. The lowest BCUT2D eigenvalue weighted by atomic mass is 9.36. The number of halogens is 2. The zero-order chi connectivity index (χ0) is 18.0. The van der Waals surface area contributed by atoms with Crippen LogP contribution in [0.25, 0.3) is 0 Å². The molecule has 0 amide bonds. The van der Waals surface area contributed by atoms with Gasteiger partial charge in [-0.15, -0.1) is 0 Å². The number of alkyl halides is 2. The van der Waals surface area contributed by atoms with E-state index in [9.17, 15) is 13.9 Å². The fraction of sp³-hybridized carbons (Fsp3) is 0.667. The first-order valence-corrected chi connectivity index (χ1v) is 8.80. The van der Waals surface area contributed by atoms with Crippen LogP contribution >= 0.6 is 0 Å². The van der Waals surface area contributed by atoms with Crippen molar-refractivity contribution in [2.75, 3.05) is 26.9 Å². The van der Waals surface area contributed by atoms with Crippen molar-refractivity contribution >= 4 is 6.92 Å². The molecule has 0 aromatic heterocycles. The molecule has 0 radical (unpaired) electrons. The molecule has 1 aromatic carbocycles. The number of ether oxygens (including phenoxy) is 2.